The monoisotopic (exact) mass is 258 g/mol. The molecule has 7 heteroatoms. The van der Waals surface area contributed by atoms with Crippen molar-refractivity contribution in [2.24, 2.45) is 0 Å². The average molecular weight is 258 g/mol. The van der Waals surface area contributed by atoms with Crippen molar-refractivity contribution in [2.75, 3.05) is 24.6 Å². The lowest BCUT2D eigenvalue weighted by Gasteiger charge is -2.21. The smallest absolute Gasteiger partial charge is 0.244 e. The first kappa shape index (κ1) is 14.1. The van der Waals surface area contributed by atoms with Gasteiger partial charge in [0.1, 0.15) is 6.04 Å². The number of anilines is 2. The van der Waals surface area contributed by atoms with E-state index in [1.807, 2.05) is 6.92 Å². The summed E-state index contributed by atoms with van der Waals surface area (Å²) in [4.78, 5) is 16.7. The second kappa shape index (κ2) is 5.61. The van der Waals surface area contributed by atoms with Crippen molar-refractivity contribution in [1.29, 1.82) is 0 Å². The molecule has 0 aliphatic carbocycles. The third-order valence-corrected chi connectivity index (χ3v) is 2.53. The van der Waals surface area contributed by atoms with Gasteiger partial charge in [0.2, 0.25) is 5.91 Å². The Balaban J connectivity index is 2.85. The van der Waals surface area contributed by atoms with E-state index in [1.165, 1.54) is 4.90 Å². The number of hydrogen-bond acceptors (Lipinski definition) is 4. The number of aromatic nitrogens is 1. The highest BCUT2D eigenvalue weighted by Crippen LogP contribution is 2.17. The fourth-order valence-corrected chi connectivity index (χ4v) is 1.34. The summed E-state index contributed by atoms with van der Waals surface area (Å²) >= 11 is 0. The molecule has 3 N–H and O–H groups in total. The number of nitrogens with zero attached hydrogens (tertiary/aromatic N) is 2. The highest BCUT2D eigenvalue weighted by atomic mass is 19.1. The summed E-state index contributed by atoms with van der Waals surface area (Å²) in [5.74, 6) is -2.69. The summed E-state index contributed by atoms with van der Waals surface area (Å²) in [6.45, 7) is 3.92. The quantitative estimate of drug-likeness (QED) is 0.851. The first-order valence-electron chi connectivity index (χ1n) is 5.49. The summed E-state index contributed by atoms with van der Waals surface area (Å²) in [6, 6.07) is -0.0485. The zero-order chi connectivity index (χ0) is 13.9. The van der Waals surface area contributed by atoms with Crippen molar-refractivity contribution in [3.63, 3.8) is 0 Å². The Morgan fingerprint density at radius 1 is 1.56 bits per heavy atom. The number of nitrogen functional groups attached to an aromatic ring is 1. The number of rotatable bonds is 4. The van der Waals surface area contributed by atoms with Gasteiger partial charge in [-0.1, -0.05) is 0 Å². The summed E-state index contributed by atoms with van der Waals surface area (Å²) in [5, 5.41) is 2.57. The third kappa shape index (κ3) is 3.06. The number of likely N-dealkylation sites (N-methyl/N-ethyl adjacent to an activating group) is 1. The van der Waals surface area contributed by atoms with Gasteiger partial charge < -0.3 is 16.0 Å². The molecule has 0 aromatic carbocycles. The Kier molecular flexibility index (Phi) is 4.41. The maximum Gasteiger partial charge on any atom is 0.244 e. The lowest BCUT2D eigenvalue weighted by molar-refractivity contribution is -0.130. The number of carbonyl (C=O) groups is 1. The van der Waals surface area contributed by atoms with Crippen LogP contribution in [-0.4, -0.2) is 35.4 Å². The standard InChI is InChI=1S/C11H16F2N4O/c1-4-17(3)11(18)6(2)15-10-8(13)5-7(12)9(14)16-10/h5-6H,4H2,1-3H3,(H3,14,15,16). The molecular formula is C11H16F2N4O. The van der Waals surface area contributed by atoms with Gasteiger partial charge in [0.15, 0.2) is 23.3 Å². The van der Waals surface area contributed by atoms with E-state index in [4.69, 9.17) is 5.73 Å². The number of carbonyl (C=O) groups excluding carboxylic acids is 1. The van der Waals surface area contributed by atoms with Gasteiger partial charge in [0.05, 0.1) is 0 Å². The third-order valence-electron chi connectivity index (χ3n) is 2.53. The van der Waals surface area contributed by atoms with Crippen LogP contribution in [0.25, 0.3) is 0 Å². The average Bonchev–Trinajstić information content (AvgIpc) is 2.33. The molecule has 1 unspecified atom stereocenters. The molecule has 1 atom stereocenters. The maximum absolute atomic E-state index is 13.4. The molecule has 0 aliphatic heterocycles. The van der Waals surface area contributed by atoms with Crippen molar-refractivity contribution in [3.05, 3.63) is 17.7 Å². The van der Waals surface area contributed by atoms with E-state index in [9.17, 15) is 13.6 Å². The van der Waals surface area contributed by atoms with Gasteiger partial charge >= 0.3 is 0 Å². The van der Waals surface area contributed by atoms with E-state index < -0.39 is 23.5 Å². The molecule has 1 aromatic heterocycles. The van der Waals surface area contributed by atoms with Gasteiger partial charge in [0, 0.05) is 19.7 Å². The number of nitrogens with two attached hydrogens (primary N) is 1. The van der Waals surface area contributed by atoms with Gasteiger partial charge in [-0.15, -0.1) is 0 Å². The molecule has 0 aliphatic rings. The first-order valence-corrected chi connectivity index (χ1v) is 5.49. The largest absolute Gasteiger partial charge is 0.381 e. The second-order valence-electron chi connectivity index (χ2n) is 3.90. The number of pyridine rings is 1. The fraction of sp³-hybridized carbons (Fsp3) is 0.455. The SMILES string of the molecule is CCN(C)C(=O)C(C)Nc1nc(N)c(F)cc1F. The number of amides is 1. The Morgan fingerprint density at radius 2 is 2.17 bits per heavy atom. The molecule has 0 spiro atoms. The van der Waals surface area contributed by atoms with E-state index in [-0.39, 0.29) is 11.7 Å². The lowest BCUT2D eigenvalue weighted by atomic mass is 10.3. The zero-order valence-corrected chi connectivity index (χ0v) is 10.5. The predicted octanol–water partition coefficient (Wildman–Crippen LogP) is 1.22. The Labute approximate surface area is 104 Å². The van der Waals surface area contributed by atoms with Crippen molar-refractivity contribution in [2.45, 2.75) is 19.9 Å². The second-order valence-corrected chi connectivity index (χ2v) is 3.90. The molecule has 1 amide bonds. The van der Waals surface area contributed by atoms with Crippen LogP contribution in [0.2, 0.25) is 0 Å². The number of hydrogen-bond donors (Lipinski definition) is 2. The Morgan fingerprint density at radius 3 is 2.72 bits per heavy atom. The molecule has 5 nitrogen and oxygen atoms in total. The first-order chi connectivity index (χ1) is 8.36. The minimum Gasteiger partial charge on any atom is -0.381 e. The topological polar surface area (TPSA) is 71.2 Å². The normalized spacial score (nSPS) is 12.1. The molecule has 0 radical (unpaired) electrons. The van der Waals surface area contributed by atoms with Crippen molar-refractivity contribution < 1.29 is 13.6 Å². The van der Waals surface area contributed by atoms with Gasteiger partial charge in [-0.2, -0.15) is 0 Å². The summed E-state index contributed by atoms with van der Waals surface area (Å²) < 4.78 is 26.3. The minimum atomic E-state index is -0.928. The molecule has 1 rings (SSSR count). The van der Waals surface area contributed by atoms with Crippen LogP contribution in [0.5, 0.6) is 0 Å². The van der Waals surface area contributed by atoms with Crippen LogP contribution in [0.15, 0.2) is 6.07 Å². The molecule has 0 bridgehead atoms. The van der Waals surface area contributed by atoms with E-state index in [2.05, 4.69) is 10.3 Å². The summed E-state index contributed by atoms with van der Waals surface area (Å²) in [5.41, 5.74) is 5.24. The lowest BCUT2D eigenvalue weighted by Crippen LogP contribution is -2.39. The van der Waals surface area contributed by atoms with Gasteiger partial charge in [0.25, 0.3) is 0 Å². The van der Waals surface area contributed by atoms with Gasteiger partial charge in [-0.25, -0.2) is 13.8 Å². The van der Waals surface area contributed by atoms with Crippen LogP contribution >= 0.6 is 0 Å². The van der Waals surface area contributed by atoms with E-state index in [1.54, 1.807) is 14.0 Å². The molecular weight excluding hydrogens is 242 g/mol. The van der Waals surface area contributed by atoms with Crippen molar-refractivity contribution in [3.8, 4) is 0 Å². The number of nitrogens with one attached hydrogen (secondary N) is 1. The highest BCUT2D eigenvalue weighted by Gasteiger charge is 2.19. The van der Waals surface area contributed by atoms with Crippen LogP contribution in [0, 0.1) is 11.6 Å². The molecule has 1 aromatic rings. The maximum atomic E-state index is 13.4. The van der Waals surface area contributed by atoms with Crippen LogP contribution in [0.3, 0.4) is 0 Å². The Hall–Kier alpha value is -1.92. The van der Waals surface area contributed by atoms with Crippen LogP contribution in [0.1, 0.15) is 13.8 Å². The number of halogens is 2. The van der Waals surface area contributed by atoms with Gasteiger partial charge in [-0.3, -0.25) is 4.79 Å². The Bertz CT molecular complexity index is 453. The van der Waals surface area contributed by atoms with Crippen LogP contribution < -0.4 is 11.1 Å². The van der Waals surface area contributed by atoms with Crippen molar-refractivity contribution in [1.82, 2.24) is 9.88 Å². The van der Waals surface area contributed by atoms with Gasteiger partial charge in [-0.05, 0) is 13.8 Å². The van der Waals surface area contributed by atoms with E-state index in [0.717, 1.165) is 0 Å². The summed E-state index contributed by atoms with van der Waals surface area (Å²) in [6.07, 6.45) is 0. The minimum absolute atomic E-state index is 0.221. The van der Waals surface area contributed by atoms with E-state index in [0.29, 0.717) is 12.6 Å². The molecule has 0 saturated heterocycles. The van der Waals surface area contributed by atoms with Crippen LogP contribution in [-0.2, 0) is 4.79 Å². The molecule has 1 heterocycles. The zero-order valence-electron chi connectivity index (χ0n) is 10.5. The summed E-state index contributed by atoms with van der Waals surface area (Å²) in [7, 11) is 1.63. The van der Waals surface area contributed by atoms with Crippen LogP contribution in [0.4, 0.5) is 20.4 Å². The van der Waals surface area contributed by atoms with Crippen molar-refractivity contribution >= 4 is 17.5 Å². The fourth-order valence-electron chi connectivity index (χ4n) is 1.34. The highest BCUT2D eigenvalue weighted by molar-refractivity contribution is 5.83. The predicted molar refractivity (Wildman–Crippen MR) is 65.0 cm³/mol. The molecule has 18 heavy (non-hydrogen) atoms. The molecule has 100 valence electrons. The molecule has 0 fully saturated rings. The van der Waals surface area contributed by atoms with E-state index >= 15 is 0 Å². The molecule has 0 saturated carbocycles.